The molecule has 102 valence electrons. The number of nitrogens with two attached hydrogens (primary N) is 1. The minimum Gasteiger partial charge on any atom is -0.326 e. The van der Waals surface area contributed by atoms with Gasteiger partial charge >= 0.3 is 0 Å². The van der Waals surface area contributed by atoms with E-state index < -0.39 is 0 Å². The molecular formula is C14H23BrN2S. The lowest BCUT2D eigenvalue weighted by molar-refractivity contribution is 0.0718. The first kappa shape index (κ1) is 14.5. The second kappa shape index (κ2) is 6.04. The first-order valence-corrected chi connectivity index (χ1v) is 8.38. The molecule has 2 nitrogen and oxygen atoms in total. The van der Waals surface area contributed by atoms with E-state index in [0.29, 0.717) is 0 Å². The van der Waals surface area contributed by atoms with Gasteiger partial charge in [0.1, 0.15) is 0 Å². The SMILES string of the molecule is CN(C)C1(C(N)Cc2sccc2Br)CCCCC1. The molecule has 0 saturated heterocycles. The van der Waals surface area contributed by atoms with Gasteiger partial charge < -0.3 is 10.6 Å². The van der Waals surface area contributed by atoms with Gasteiger partial charge in [0, 0.05) is 20.9 Å². The smallest absolute Gasteiger partial charge is 0.0357 e. The van der Waals surface area contributed by atoms with E-state index in [1.165, 1.54) is 41.5 Å². The fourth-order valence-corrected chi connectivity index (χ4v) is 4.75. The van der Waals surface area contributed by atoms with E-state index in [2.05, 4.69) is 46.4 Å². The molecule has 1 saturated carbocycles. The molecule has 2 rings (SSSR count). The van der Waals surface area contributed by atoms with Crippen LogP contribution in [-0.2, 0) is 6.42 Å². The van der Waals surface area contributed by atoms with E-state index in [-0.39, 0.29) is 11.6 Å². The summed E-state index contributed by atoms with van der Waals surface area (Å²) < 4.78 is 1.22. The van der Waals surface area contributed by atoms with Crippen LogP contribution in [-0.4, -0.2) is 30.6 Å². The molecule has 1 aromatic rings. The topological polar surface area (TPSA) is 29.3 Å². The molecule has 1 aromatic heterocycles. The third-order valence-corrected chi connectivity index (χ3v) is 6.35. The van der Waals surface area contributed by atoms with Crippen molar-refractivity contribution in [3.05, 3.63) is 20.8 Å². The Morgan fingerprint density at radius 1 is 1.39 bits per heavy atom. The van der Waals surface area contributed by atoms with Crippen molar-refractivity contribution in [2.24, 2.45) is 5.73 Å². The van der Waals surface area contributed by atoms with Gasteiger partial charge in [-0.25, -0.2) is 0 Å². The Labute approximate surface area is 123 Å². The Morgan fingerprint density at radius 2 is 2.06 bits per heavy atom. The maximum absolute atomic E-state index is 6.59. The molecule has 4 heteroatoms. The van der Waals surface area contributed by atoms with Crippen molar-refractivity contribution in [3.8, 4) is 0 Å². The Bertz CT molecular complexity index is 383. The van der Waals surface area contributed by atoms with Gasteiger partial charge in [-0.15, -0.1) is 11.3 Å². The van der Waals surface area contributed by atoms with Crippen LogP contribution in [0.25, 0.3) is 0 Å². The van der Waals surface area contributed by atoms with E-state index in [0.717, 1.165) is 6.42 Å². The maximum atomic E-state index is 6.59. The Hall–Kier alpha value is 0.100. The molecule has 1 unspecified atom stereocenters. The molecule has 0 bridgehead atoms. The highest BCUT2D eigenvalue weighted by atomic mass is 79.9. The van der Waals surface area contributed by atoms with Crippen LogP contribution in [0.15, 0.2) is 15.9 Å². The minimum absolute atomic E-state index is 0.196. The first-order chi connectivity index (χ1) is 8.56. The summed E-state index contributed by atoms with van der Waals surface area (Å²) in [7, 11) is 4.38. The summed E-state index contributed by atoms with van der Waals surface area (Å²) in [6.07, 6.45) is 7.46. The molecular weight excluding hydrogens is 308 g/mol. The van der Waals surface area contributed by atoms with Gasteiger partial charge in [0.25, 0.3) is 0 Å². The number of likely N-dealkylation sites (N-methyl/N-ethyl adjacent to an activating group) is 1. The second-order valence-corrected chi connectivity index (χ2v) is 7.42. The van der Waals surface area contributed by atoms with Crippen LogP contribution in [0.2, 0.25) is 0 Å². The highest BCUT2D eigenvalue weighted by molar-refractivity contribution is 9.10. The highest BCUT2D eigenvalue weighted by Crippen LogP contribution is 2.36. The van der Waals surface area contributed by atoms with Crippen LogP contribution in [0, 0.1) is 0 Å². The van der Waals surface area contributed by atoms with E-state index in [4.69, 9.17) is 5.73 Å². The lowest BCUT2D eigenvalue weighted by atomic mass is 9.74. The van der Waals surface area contributed by atoms with Gasteiger partial charge in [0.2, 0.25) is 0 Å². The summed E-state index contributed by atoms with van der Waals surface area (Å²) in [5.41, 5.74) is 6.78. The monoisotopic (exact) mass is 330 g/mol. The molecule has 1 aliphatic rings. The predicted molar refractivity (Wildman–Crippen MR) is 83.2 cm³/mol. The molecule has 0 spiro atoms. The average Bonchev–Trinajstić information content (AvgIpc) is 2.75. The molecule has 0 aliphatic heterocycles. The Morgan fingerprint density at radius 3 is 2.56 bits per heavy atom. The van der Waals surface area contributed by atoms with Crippen molar-refractivity contribution >= 4 is 27.3 Å². The lowest BCUT2D eigenvalue weighted by Gasteiger charge is -2.47. The van der Waals surface area contributed by atoms with E-state index in [1.807, 2.05) is 0 Å². The molecule has 0 aromatic carbocycles. The zero-order valence-electron chi connectivity index (χ0n) is 11.3. The number of rotatable bonds is 4. The van der Waals surface area contributed by atoms with Gasteiger partial charge in [-0.2, -0.15) is 0 Å². The normalized spacial score (nSPS) is 21.2. The van der Waals surface area contributed by atoms with Crippen molar-refractivity contribution in [2.45, 2.75) is 50.1 Å². The average molecular weight is 331 g/mol. The fraction of sp³-hybridized carbons (Fsp3) is 0.714. The molecule has 0 radical (unpaired) electrons. The van der Waals surface area contributed by atoms with Crippen molar-refractivity contribution in [1.82, 2.24) is 4.90 Å². The molecule has 1 fully saturated rings. The van der Waals surface area contributed by atoms with Gasteiger partial charge in [0.05, 0.1) is 0 Å². The third-order valence-electron chi connectivity index (χ3n) is 4.40. The van der Waals surface area contributed by atoms with Crippen LogP contribution < -0.4 is 5.73 Å². The summed E-state index contributed by atoms with van der Waals surface area (Å²) in [4.78, 5) is 3.76. The Kier molecular flexibility index (Phi) is 4.86. The first-order valence-electron chi connectivity index (χ1n) is 6.71. The maximum Gasteiger partial charge on any atom is 0.0357 e. The molecule has 0 amide bonds. The lowest BCUT2D eigenvalue weighted by Crippen LogP contribution is -2.59. The number of hydrogen-bond acceptors (Lipinski definition) is 3. The quantitative estimate of drug-likeness (QED) is 0.913. The van der Waals surface area contributed by atoms with Crippen molar-refractivity contribution in [3.63, 3.8) is 0 Å². The highest BCUT2D eigenvalue weighted by Gasteiger charge is 2.39. The Balaban J connectivity index is 2.13. The molecule has 1 atom stereocenters. The van der Waals surface area contributed by atoms with Crippen molar-refractivity contribution < 1.29 is 0 Å². The fourth-order valence-electron chi connectivity index (χ4n) is 3.17. The zero-order valence-corrected chi connectivity index (χ0v) is 13.7. The standard InChI is InChI=1S/C14H23BrN2S/c1-17(2)14(7-4-3-5-8-14)13(16)10-12-11(15)6-9-18-12/h6,9,13H,3-5,7-8,10,16H2,1-2H3. The van der Waals surface area contributed by atoms with Crippen LogP contribution >= 0.6 is 27.3 Å². The number of nitrogens with zero attached hydrogens (tertiary/aromatic N) is 1. The third kappa shape index (κ3) is 2.82. The summed E-state index contributed by atoms with van der Waals surface area (Å²) in [6.45, 7) is 0. The predicted octanol–water partition coefficient (Wildman–Crippen LogP) is 3.64. The number of hydrogen-bond donors (Lipinski definition) is 1. The number of thiophene rings is 1. The summed E-state index contributed by atoms with van der Waals surface area (Å²) in [5, 5.41) is 2.13. The van der Waals surface area contributed by atoms with Gasteiger partial charge in [-0.05, 0) is 60.7 Å². The number of halogens is 1. The zero-order chi connectivity index (χ0) is 13.2. The van der Waals surface area contributed by atoms with Crippen LogP contribution in [0.4, 0.5) is 0 Å². The minimum atomic E-state index is 0.196. The summed E-state index contributed by atoms with van der Waals surface area (Å²) in [5.74, 6) is 0. The van der Waals surface area contributed by atoms with Gasteiger partial charge in [0.15, 0.2) is 0 Å². The molecule has 18 heavy (non-hydrogen) atoms. The molecule has 1 heterocycles. The molecule has 2 N–H and O–H groups in total. The van der Waals surface area contributed by atoms with Crippen molar-refractivity contribution in [2.75, 3.05) is 14.1 Å². The van der Waals surface area contributed by atoms with Crippen LogP contribution in [0.3, 0.4) is 0 Å². The molecule has 1 aliphatic carbocycles. The summed E-state index contributed by atoms with van der Waals surface area (Å²) in [6, 6.07) is 2.35. The van der Waals surface area contributed by atoms with Crippen LogP contribution in [0.1, 0.15) is 37.0 Å². The van der Waals surface area contributed by atoms with Crippen LogP contribution in [0.5, 0.6) is 0 Å². The van der Waals surface area contributed by atoms with Crippen molar-refractivity contribution in [1.29, 1.82) is 0 Å². The second-order valence-electron chi connectivity index (χ2n) is 5.56. The van der Waals surface area contributed by atoms with Gasteiger partial charge in [-0.3, -0.25) is 0 Å². The van der Waals surface area contributed by atoms with E-state index in [1.54, 1.807) is 11.3 Å². The van der Waals surface area contributed by atoms with Gasteiger partial charge in [-0.1, -0.05) is 19.3 Å². The van der Waals surface area contributed by atoms with E-state index >= 15 is 0 Å². The largest absolute Gasteiger partial charge is 0.326 e. The summed E-state index contributed by atoms with van der Waals surface area (Å²) >= 11 is 5.42. The van der Waals surface area contributed by atoms with E-state index in [9.17, 15) is 0 Å².